The number of aryl methyl sites for hydroxylation is 2. The van der Waals surface area contributed by atoms with E-state index in [1.807, 2.05) is 51.1 Å². The highest BCUT2D eigenvalue weighted by molar-refractivity contribution is 8.15. The quantitative estimate of drug-likeness (QED) is 0.153. The van der Waals surface area contributed by atoms with Crippen LogP contribution in [0.4, 0.5) is 28.4 Å². The first-order chi connectivity index (χ1) is 24.2. The Labute approximate surface area is 296 Å². The van der Waals surface area contributed by atoms with Crippen LogP contribution in [0, 0.1) is 6.92 Å². The normalized spacial score (nSPS) is 14.6. The molecule has 268 valence electrons. The van der Waals surface area contributed by atoms with Crippen LogP contribution >= 0.6 is 11.8 Å². The molecule has 1 unspecified atom stereocenters. The Bertz CT molecular complexity index is 1910. The summed E-state index contributed by atoms with van der Waals surface area (Å²) in [5, 5.41) is 17.3. The number of benzene rings is 3. The minimum absolute atomic E-state index is 0.114. The van der Waals surface area contributed by atoms with E-state index in [0.717, 1.165) is 33.4 Å². The average Bonchev–Trinajstić information content (AvgIpc) is 3.70. The van der Waals surface area contributed by atoms with Crippen molar-refractivity contribution in [3.63, 3.8) is 0 Å². The second-order valence-electron chi connectivity index (χ2n) is 12.0. The molecule has 5 rings (SSSR count). The van der Waals surface area contributed by atoms with Gasteiger partial charge >= 0.3 is 18.5 Å². The van der Waals surface area contributed by atoms with Gasteiger partial charge < -0.3 is 15.2 Å². The van der Waals surface area contributed by atoms with Gasteiger partial charge in [-0.25, -0.2) is 19.3 Å². The highest BCUT2D eigenvalue weighted by Crippen LogP contribution is 2.34. The van der Waals surface area contributed by atoms with Crippen molar-refractivity contribution >= 4 is 40.6 Å². The number of carboxylic acid groups (broad SMARTS) is 1. The summed E-state index contributed by atoms with van der Waals surface area (Å²) in [6.45, 7) is 7.74. The molecule has 0 aliphatic carbocycles. The number of carbonyl (C=O) groups is 3. The Morgan fingerprint density at radius 2 is 1.80 bits per heavy atom. The van der Waals surface area contributed by atoms with Crippen molar-refractivity contribution in [2.45, 2.75) is 59.0 Å². The number of amides is 4. The van der Waals surface area contributed by atoms with Gasteiger partial charge in [-0.05, 0) is 79.6 Å². The summed E-state index contributed by atoms with van der Waals surface area (Å²) in [6.07, 6.45) is -4.82. The lowest BCUT2D eigenvalue weighted by Gasteiger charge is -2.28. The van der Waals surface area contributed by atoms with Crippen molar-refractivity contribution < 1.29 is 37.4 Å². The van der Waals surface area contributed by atoms with Crippen LogP contribution in [-0.2, 0) is 11.2 Å². The summed E-state index contributed by atoms with van der Waals surface area (Å²) in [5.41, 5.74) is 4.58. The van der Waals surface area contributed by atoms with E-state index in [9.17, 15) is 32.7 Å². The molecule has 0 spiro atoms. The summed E-state index contributed by atoms with van der Waals surface area (Å²) in [7, 11) is 0. The molecule has 2 heterocycles. The summed E-state index contributed by atoms with van der Waals surface area (Å²) < 4.78 is 42.8. The molecule has 1 fully saturated rings. The van der Waals surface area contributed by atoms with E-state index in [-0.39, 0.29) is 41.5 Å². The maximum absolute atomic E-state index is 13.3. The number of aromatic nitrogens is 3. The number of halogens is 3. The minimum atomic E-state index is -4.79. The van der Waals surface area contributed by atoms with E-state index in [1.54, 1.807) is 19.1 Å². The van der Waals surface area contributed by atoms with Crippen LogP contribution in [0.5, 0.6) is 5.75 Å². The molecular formula is C35H36F3N7O5S. The Balaban J connectivity index is 1.27. The molecule has 2 N–H and O–H groups in total. The zero-order chi connectivity index (χ0) is 36.9. The second-order valence-corrected chi connectivity index (χ2v) is 12.9. The number of nitrogens with zero attached hydrogens (tertiary/aromatic N) is 6. The van der Waals surface area contributed by atoms with Gasteiger partial charge in [0.1, 0.15) is 18.2 Å². The van der Waals surface area contributed by atoms with E-state index in [2.05, 4.69) is 25.1 Å². The number of alkyl halides is 3. The average molecular weight is 724 g/mol. The number of ether oxygens (including phenoxy) is 1. The Kier molecular flexibility index (Phi) is 11.3. The van der Waals surface area contributed by atoms with Crippen molar-refractivity contribution in [1.82, 2.24) is 25.0 Å². The lowest BCUT2D eigenvalue weighted by atomic mass is 9.99. The molecule has 0 bridgehead atoms. The van der Waals surface area contributed by atoms with Crippen molar-refractivity contribution in [3.8, 4) is 22.8 Å². The van der Waals surface area contributed by atoms with Gasteiger partial charge in [-0.2, -0.15) is 4.99 Å². The standard InChI is InChI=1S/C35H36F3N7O5S/c1-5-43(34(48)49)29(40-32(47)41-33-45(30(46)19-51-33)28-18-22(4)6-16-27(28)21(2)3)17-9-23-7-10-24(11-8-23)31-39-20-44(42-31)25-12-14-26(15-13-25)50-35(36,37)38/h6-8,10-16,18,20-21,29H,5,9,17,19H2,1-4H3,(H,40,47)(H,48,49)/b41-33-. The van der Waals surface area contributed by atoms with E-state index >= 15 is 0 Å². The van der Waals surface area contributed by atoms with Crippen LogP contribution in [0.3, 0.4) is 0 Å². The fourth-order valence-electron chi connectivity index (χ4n) is 5.52. The molecule has 1 aromatic heterocycles. The van der Waals surface area contributed by atoms with Crippen LogP contribution in [0.2, 0.25) is 0 Å². The summed E-state index contributed by atoms with van der Waals surface area (Å²) in [4.78, 5) is 49.5. The van der Waals surface area contributed by atoms with E-state index in [1.165, 1.54) is 40.2 Å². The first kappa shape index (κ1) is 36.9. The lowest BCUT2D eigenvalue weighted by molar-refractivity contribution is -0.274. The number of aliphatic imine (C=N–C) groups is 1. The first-order valence-corrected chi connectivity index (χ1v) is 17.0. The van der Waals surface area contributed by atoms with Crippen LogP contribution in [0.1, 0.15) is 49.8 Å². The van der Waals surface area contributed by atoms with Gasteiger partial charge in [-0.1, -0.05) is 62.0 Å². The molecule has 1 atom stereocenters. The van der Waals surface area contributed by atoms with Crippen LogP contribution in [0.15, 0.2) is 78.0 Å². The third-order valence-electron chi connectivity index (χ3n) is 8.01. The smallest absolute Gasteiger partial charge is 0.465 e. The van der Waals surface area contributed by atoms with E-state index in [0.29, 0.717) is 29.2 Å². The Morgan fingerprint density at radius 3 is 2.43 bits per heavy atom. The number of nitrogens with one attached hydrogen (secondary N) is 1. The Hall–Kier alpha value is -5.38. The summed E-state index contributed by atoms with van der Waals surface area (Å²) in [6, 6.07) is 17.5. The highest BCUT2D eigenvalue weighted by Gasteiger charge is 2.33. The number of amidine groups is 1. The largest absolute Gasteiger partial charge is 0.573 e. The predicted octanol–water partition coefficient (Wildman–Crippen LogP) is 7.37. The number of carbonyl (C=O) groups excluding carboxylic acids is 2. The fourth-order valence-corrected chi connectivity index (χ4v) is 6.38. The number of thioether (sulfide) groups is 1. The lowest BCUT2D eigenvalue weighted by Crippen LogP contribution is -2.50. The Morgan fingerprint density at radius 1 is 1.10 bits per heavy atom. The first-order valence-electron chi connectivity index (χ1n) is 16.0. The predicted molar refractivity (Wildman–Crippen MR) is 187 cm³/mol. The molecular weight excluding hydrogens is 687 g/mol. The van der Waals surface area contributed by atoms with Crippen LogP contribution in [0.25, 0.3) is 17.1 Å². The molecule has 0 saturated carbocycles. The third-order valence-corrected chi connectivity index (χ3v) is 8.93. The van der Waals surface area contributed by atoms with Crippen molar-refractivity contribution in [3.05, 3.63) is 89.7 Å². The van der Waals surface area contributed by atoms with Gasteiger partial charge in [-0.3, -0.25) is 14.6 Å². The monoisotopic (exact) mass is 723 g/mol. The van der Waals surface area contributed by atoms with E-state index < -0.39 is 24.7 Å². The molecule has 1 saturated heterocycles. The minimum Gasteiger partial charge on any atom is -0.465 e. The van der Waals surface area contributed by atoms with Gasteiger partial charge in [-0.15, -0.1) is 18.3 Å². The van der Waals surface area contributed by atoms with Gasteiger partial charge in [0, 0.05) is 12.1 Å². The zero-order valence-corrected chi connectivity index (χ0v) is 29.0. The third kappa shape index (κ3) is 9.25. The van der Waals surface area contributed by atoms with Crippen molar-refractivity contribution in [2.75, 3.05) is 17.2 Å². The zero-order valence-electron chi connectivity index (χ0n) is 28.2. The molecule has 1 aliphatic heterocycles. The molecule has 12 nitrogen and oxygen atoms in total. The molecule has 1 aliphatic rings. The second kappa shape index (κ2) is 15.7. The fraction of sp³-hybridized carbons (Fsp3) is 0.314. The number of hydrogen-bond acceptors (Lipinski definition) is 7. The number of anilines is 1. The maximum Gasteiger partial charge on any atom is 0.573 e. The molecule has 16 heteroatoms. The number of urea groups is 1. The summed E-state index contributed by atoms with van der Waals surface area (Å²) >= 11 is 1.15. The van der Waals surface area contributed by atoms with Crippen molar-refractivity contribution in [1.29, 1.82) is 0 Å². The molecule has 4 aromatic rings. The van der Waals surface area contributed by atoms with Crippen LogP contribution < -0.4 is 15.0 Å². The molecule has 3 aromatic carbocycles. The van der Waals surface area contributed by atoms with Gasteiger partial charge in [0.25, 0.3) is 0 Å². The van der Waals surface area contributed by atoms with Gasteiger partial charge in [0.05, 0.1) is 17.1 Å². The number of hydrogen-bond donors (Lipinski definition) is 2. The number of rotatable bonds is 11. The van der Waals surface area contributed by atoms with Gasteiger partial charge in [0.2, 0.25) is 5.91 Å². The summed E-state index contributed by atoms with van der Waals surface area (Å²) in [5.74, 6) is 0.0721. The molecule has 4 amide bonds. The van der Waals surface area contributed by atoms with Gasteiger partial charge in [0.15, 0.2) is 11.0 Å². The highest BCUT2D eigenvalue weighted by atomic mass is 32.2. The SMILES string of the molecule is CCN(C(=O)O)C(CCc1ccc(-c2ncn(-c3ccc(OC(F)(F)F)cc3)n2)cc1)NC(=O)/N=C1\SCC(=O)N1c1cc(C)ccc1C(C)C. The van der Waals surface area contributed by atoms with Crippen LogP contribution in [-0.4, -0.2) is 72.8 Å². The molecule has 0 radical (unpaired) electrons. The molecule has 51 heavy (non-hydrogen) atoms. The maximum atomic E-state index is 13.3. The van der Waals surface area contributed by atoms with E-state index in [4.69, 9.17) is 0 Å². The van der Waals surface area contributed by atoms with Crippen molar-refractivity contribution in [2.24, 2.45) is 4.99 Å². The topological polar surface area (TPSA) is 142 Å².